The van der Waals surface area contributed by atoms with E-state index in [1.807, 2.05) is 47.8 Å². The van der Waals surface area contributed by atoms with Crippen LogP contribution >= 0.6 is 0 Å². The number of carbonyl (C=O) groups excluding carboxylic acids is 1. The second-order valence-corrected chi connectivity index (χ2v) is 7.12. The predicted octanol–water partition coefficient (Wildman–Crippen LogP) is 1.29. The summed E-state index contributed by atoms with van der Waals surface area (Å²) in [4.78, 5) is 15.2. The van der Waals surface area contributed by atoms with E-state index in [1.54, 1.807) is 7.11 Å². The average molecular weight is 380 g/mol. The lowest BCUT2D eigenvalue weighted by atomic mass is 9.90. The fourth-order valence-corrected chi connectivity index (χ4v) is 3.97. The van der Waals surface area contributed by atoms with Gasteiger partial charge in [-0.1, -0.05) is 25.1 Å². The van der Waals surface area contributed by atoms with Gasteiger partial charge in [-0.05, 0) is 36.2 Å². The van der Waals surface area contributed by atoms with Crippen molar-refractivity contribution in [1.29, 1.82) is 0 Å². The number of benzene rings is 2. The van der Waals surface area contributed by atoms with Crippen LogP contribution in [0.15, 0.2) is 42.5 Å². The molecular formula is C22H24N2O4. The number of hydrogen-bond acceptors (Lipinski definition) is 4. The van der Waals surface area contributed by atoms with Crippen molar-refractivity contribution in [3.8, 4) is 11.5 Å². The van der Waals surface area contributed by atoms with Gasteiger partial charge in [0.2, 0.25) is 0 Å². The first-order valence-electron chi connectivity index (χ1n) is 9.58. The van der Waals surface area contributed by atoms with Gasteiger partial charge in [0.25, 0.3) is 0 Å². The van der Waals surface area contributed by atoms with Crippen LogP contribution in [0.5, 0.6) is 11.5 Å². The smallest absolute Gasteiger partial charge is 0.161 e. The van der Waals surface area contributed by atoms with Crippen LogP contribution in [0.1, 0.15) is 36.2 Å². The molecule has 0 bridgehead atoms. The van der Waals surface area contributed by atoms with E-state index in [9.17, 15) is 9.90 Å². The zero-order chi connectivity index (χ0) is 19.7. The largest absolute Gasteiger partial charge is 0.544 e. The van der Waals surface area contributed by atoms with E-state index in [0.29, 0.717) is 24.5 Å². The molecule has 1 aliphatic rings. The number of aromatic nitrogens is 1. The highest BCUT2D eigenvalue weighted by Crippen LogP contribution is 2.35. The minimum absolute atomic E-state index is 0.187. The second-order valence-electron chi connectivity index (χ2n) is 7.12. The number of aliphatic carboxylic acids is 1. The molecule has 0 aliphatic carbocycles. The van der Waals surface area contributed by atoms with Crippen LogP contribution < -0.4 is 19.9 Å². The number of rotatable bonds is 6. The number of nitrogens with one attached hydrogen (secondary N) is 1. The summed E-state index contributed by atoms with van der Waals surface area (Å²) in [5, 5.41) is 14.6. The Hall–Kier alpha value is -2.99. The highest BCUT2D eigenvalue weighted by Gasteiger charge is 2.35. The summed E-state index contributed by atoms with van der Waals surface area (Å²) in [6.45, 7) is 2.67. The molecule has 2 atom stereocenters. The van der Waals surface area contributed by atoms with Gasteiger partial charge in [-0.3, -0.25) is 0 Å². The van der Waals surface area contributed by atoms with Crippen molar-refractivity contribution in [2.45, 2.75) is 31.8 Å². The summed E-state index contributed by atoms with van der Waals surface area (Å²) < 4.78 is 11.3. The summed E-state index contributed by atoms with van der Waals surface area (Å²) in [6, 6.07) is 13.0. The quantitative estimate of drug-likeness (QED) is 0.674. The van der Waals surface area contributed by atoms with E-state index in [2.05, 4.69) is 11.9 Å². The highest BCUT2D eigenvalue weighted by molar-refractivity contribution is 5.86. The number of para-hydroxylation sites is 1. The first-order chi connectivity index (χ1) is 13.6. The molecule has 6 heteroatoms. The van der Waals surface area contributed by atoms with Gasteiger partial charge in [0.05, 0.1) is 25.4 Å². The van der Waals surface area contributed by atoms with Crippen LogP contribution in [0.25, 0.3) is 10.9 Å². The Morgan fingerprint density at radius 1 is 1.25 bits per heavy atom. The molecule has 0 saturated heterocycles. The molecule has 0 radical (unpaired) electrons. The highest BCUT2D eigenvalue weighted by atomic mass is 16.5. The van der Waals surface area contributed by atoms with Gasteiger partial charge in [0.1, 0.15) is 6.04 Å². The van der Waals surface area contributed by atoms with Crippen molar-refractivity contribution in [3.05, 3.63) is 59.3 Å². The van der Waals surface area contributed by atoms with E-state index in [4.69, 9.17) is 9.47 Å². The number of carboxylic acid groups (broad SMARTS) is 1. The minimum atomic E-state index is -1.05. The van der Waals surface area contributed by atoms with Gasteiger partial charge in [0.15, 0.2) is 17.5 Å². The Morgan fingerprint density at radius 2 is 2.07 bits per heavy atom. The molecule has 0 amide bonds. The Balaban J connectivity index is 1.79. The topological polar surface area (TPSA) is 91.0 Å². The van der Waals surface area contributed by atoms with E-state index >= 15 is 0 Å². The standard InChI is InChI=1S/C22H24N2O4/c1-3-10-28-18-9-8-13(11-19(18)27-2)20-21-15(12-17(24-20)22(25)26)14-6-4-5-7-16(14)23-21/h4-9,11,17,20,23-24H,3,10,12H2,1-2H3,(H,25,26)/t17-,20+/m0/s1. The number of hydrogen-bond donors (Lipinski definition) is 2. The molecule has 0 spiro atoms. The van der Waals surface area contributed by atoms with Crippen LogP contribution in [0, 0.1) is 0 Å². The van der Waals surface area contributed by atoms with Gasteiger partial charge < -0.3 is 29.7 Å². The summed E-state index contributed by atoms with van der Waals surface area (Å²) in [6.07, 6.45) is 1.35. The molecule has 4 rings (SSSR count). The van der Waals surface area contributed by atoms with Crippen molar-refractivity contribution >= 4 is 16.9 Å². The lowest BCUT2D eigenvalue weighted by Crippen LogP contribution is -2.95. The summed E-state index contributed by atoms with van der Waals surface area (Å²) in [5.41, 5.74) is 4.05. The van der Waals surface area contributed by atoms with E-state index < -0.39 is 12.0 Å². The number of H-pyrrole nitrogens is 1. The van der Waals surface area contributed by atoms with Crippen LogP contribution in [-0.2, 0) is 11.2 Å². The third-order valence-electron chi connectivity index (χ3n) is 5.32. The SMILES string of the molecule is CCCOc1ccc([C@H]2[NH2+][C@H](C(=O)[O-])Cc3c2[nH]c2ccccc32)cc1OC. The Labute approximate surface area is 163 Å². The molecule has 6 nitrogen and oxygen atoms in total. The summed E-state index contributed by atoms with van der Waals surface area (Å²) in [5.74, 6) is 0.292. The van der Waals surface area contributed by atoms with Gasteiger partial charge >= 0.3 is 0 Å². The molecule has 0 fully saturated rings. The Kier molecular flexibility index (Phi) is 4.96. The first kappa shape index (κ1) is 18.4. The number of methoxy groups -OCH3 is 1. The van der Waals surface area contributed by atoms with E-state index in [-0.39, 0.29) is 6.04 Å². The van der Waals surface area contributed by atoms with Crippen molar-refractivity contribution in [2.24, 2.45) is 0 Å². The number of carboxylic acids is 1. The third kappa shape index (κ3) is 3.20. The Morgan fingerprint density at radius 3 is 2.82 bits per heavy atom. The monoisotopic (exact) mass is 380 g/mol. The molecule has 3 N–H and O–H groups in total. The van der Waals surface area contributed by atoms with Crippen molar-refractivity contribution in [1.82, 2.24) is 4.98 Å². The molecule has 1 aliphatic heterocycles. The first-order valence-corrected chi connectivity index (χ1v) is 9.58. The van der Waals surface area contributed by atoms with Crippen LogP contribution in [-0.4, -0.2) is 30.7 Å². The number of quaternary nitrogens is 1. The minimum Gasteiger partial charge on any atom is -0.544 e. The maximum absolute atomic E-state index is 11.7. The lowest BCUT2D eigenvalue weighted by molar-refractivity contribution is -0.717. The fraction of sp³-hybridized carbons (Fsp3) is 0.318. The maximum atomic E-state index is 11.7. The van der Waals surface area contributed by atoms with E-state index in [0.717, 1.165) is 34.1 Å². The molecule has 3 aromatic rings. The normalized spacial score (nSPS) is 18.6. The molecule has 0 unspecified atom stereocenters. The van der Waals surface area contributed by atoms with Gasteiger partial charge in [-0.15, -0.1) is 0 Å². The fourth-order valence-electron chi connectivity index (χ4n) is 3.97. The number of ether oxygens (including phenoxy) is 2. The van der Waals surface area contributed by atoms with Gasteiger partial charge in [0, 0.05) is 22.9 Å². The zero-order valence-electron chi connectivity index (χ0n) is 16.0. The zero-order valence-corrected chi connectivity index (χ0v) is 16.0. The predicted molar refractivity (Wildman–Crippen MR) is 103 cm³/mol. The van der Waals surface area contributed by atoms with Crippen LogP contribution in [0.3, 0.4) is 0 Å². The lowest BCUT2D eigenvalue weighted by Gasteiger charge is -2.29. The second kappa shape index (κ2) is 7.56. The summed E-state index contributed by atoms with van der Waals surface area (Å²) >= 11 is 0. The number of carbonyl (C=O) groups is 1. The van der Waals surface area contributed by atoms with Crippen LogP contribution in [0.4, 0.5) is 0 Å². The molecule has 28 heavy (non-hydrogen) atoms. The number of nitrogens with two attached hydrogens (primary N) is 1. The number of fused-ring (bicyclic) bond motifs is 3. The van der Waals surface area contributed by atoms with E-state index in [1.165, 1.54) is 0 Å². The van der Waals surface area contributed by atoms with Crippen LogP contribution in [0.2, 0.25) is 0 Å². The average Bonchev–Trinajstić information content (AvgIpc) is 3.10. The summed E-state index contributed by atoms with van der Waals surface area (Å²) in [7, 11) is 1.61. The molecule has 2 aromatic carbocycles. The third-order valence-corrected chi connectivity index (χ3v) is 5.32. The molecular weight excluding hydrogens is 356 g/mol. The van der Waals surface area contributed by atoms with Crippen molar-refractivity contribution in [3.63, 3.8) is 0 Å². The molecule has 2 heterocycles. The molecule has 1 aromatic heterocycles. The number of aromatic amines is 1. The maximum Gasteiger partial charge on any atom is 0.161 e. The van der Waals surface area contributed by atoms with Crippen molar-refractivity contribution < 1.29 is 24.7 Å². The van der Waals surface area contributed by atoms with Gasteiger partial charge in [-0.2, -0.15) is 0 Å². The Bertz CT molecular complexity index is 1010. The van der Waals surface area contributed by atoms with Crippen molar-refractivity contribution in [2.75, 3.05) is 13.7 Å². The van der Waals surface area contributed by atoms with Gasteiger partial charge in [-0.25, -0.2) is 0 Å². The molecule has 146 valence electrons. The molecule has 0 saturated carbocycles.